The molecule has 2 N–H and O–H groups in total. The second-order valence-corrected chi connectivity index (χ2v) is 9.04. The molecule has 3 aromatic carbocycles. The molecule has 0 atom stereocenters. The van der Waals surface area contributed by atoms with Crippen LogP contribution in [0.1, 0.15) is 27.9 Å². The predicted molar refractivity (Wildman–Crippen MR) is 121 cm³/mol. The van der Waals surface area contributed by atoms with Crippen molar-refractivity contribution in [3.05, 3.63) is 94.5 Å². The van der Waals surface area contributed by atoms with Gasteiger partial charge in [0.15, 0.2) is 0 Å². The van der Waals surface area contributed by atoms with Crippen molar-refractivity contribution in [1.82, 2.24) is 5.32 Å². The fourth-order valence-corrected chi connectivity index (χ4v) is 4.19. The average molecular weight is 443 g/mol. The molecule has 30 heavy (non-hydrogen) atoms. The van der Waals surface area contributed by atoms with Gasteiger partial charge in [0.25, 0.3) is 15.9 Å². The molecule has 0 bridgehead atoms. The Morgan fingerprint density at radius 2 is 1.60 bits per heavy atom. The van der Waals surface area contributed by atoms with Crippen LogP contribution in [0.3, 0.4) is 0 Å². The quantitative estimate of drug-likeness (QED) is 0.491. The van der Waals surface area contributed by atoms with Gasteiger partial charge in [0.2, 0.25) is 0 Å². The van der Waals surface area contributed by atoms with E-state index in [1.807, 2.05) is 31.2 Å². The van der Waals surface area contributed by atoms with E-state index in [0.29, 0.717) is 17.8 Å². The van der Waals surface area contributed by atoms with E-state index in [1.54, 1.807) is 48.5 Å². The van der Waals surface area contributed by atoms with E-state index in [4.69, 9.17) is 11.6 Å². The number of benzene rings is 3. The second-order valence-electron chi connectivity index (χ2n) is 6.95. The van der Waals surface area contributed by atoms with Crippen LogP contribution in [-0.2, 0) is 16.4 Å². The molecule has 0 unspecified atom stereocenters. The molecule has 156 valence electrons. The highest BCUT2D eigenvalue weighted by Gasteiger charge is 2.14. The molecule has 7 heteroatoms. The summed E-state index contributed by atoms with van der Waals surface area (Å²) in [5.74, 6) is -0.206. The maximum absolute atomic E-state index is 12.4. The number of sulfonamides is 1. The summed E-state index contributed by atoms with van der Waals surface area (Å²) in [5, 5.41) is 3.60. The summed E-state index contributed by atoms with van der Waals surface area (Å²) in [5.41, 5.74) is 2.90. The van der Waals surface area contributed by atoms with Gasteiger partial charge in [0, 0.05) is 22.8 Å². The van der Waals surface area contributed by atoms with Gasteiger partial charge in [-0.1, -0.05) is 47.5 Å². The Kier molecular flexibility index (Phi) is 7.13. The minimum Gasteiger partial charge on any atom is -0.352 e. The molecule has 3 rings (SSSR count). The van der Waals surface area contributed by atoms with Crippen LogP contribution in [0.25, 0.3) is 0 Å². The number of hydrogen-bond acceptors (Lipinski definition) is 3. The van der Waals surface area contributed by atoms with E-state index >= 15 is 0 Å². The highest BCUT2D eigenvalue weighted by molar-refractivity contribution is 7.92. The van der Waals surface area contributed by atoms with Gasteiger partial charge in [0.05, 0.1) is 4.90 Å². The smallest absolute Gasteiger partial charge is 0.261 e. The lowest BCUT2D eigenvalue weighted by atomic mass is 10.1. The van der Waals surface area contributed by atoms with Crippen LogP contribution >= 0.6 is 11.6 Å². The van der Waals surface area contributed by atoms with Gasteiger partial charge in [-0.25, -0.2) is 8.42 Å². The second kappa shape index (κ2) is 9.78. The minimum atomic E-state index is -3.67. The molecule has 0 aromatic heterocycles. The molecule has 0 aliphatic carbocycles. The van der Waals surface area contributed by atoms with E-state index in [0.717, 1.165) is 29.0 Å². The van der Waals surface area contributed by atoms with Crippen molar-refractivity contribution in [3.8, 4) is 0 Å². The summed E-state index contributed by atoms with van der Waals surface area (Å²) >= 11 is 6.13. The maximum Gasteiger partial charge on any atom is 0.261 e. The third-order valence-corrected chi connectivity index (χ3v) is 6.36. The SMILES string of the molecule is Cc1ccc(S(=O)(=O)Nc2ccc(C(=O)NCCCc3ccccc3Cl)cc2)cc1. The fraction of sp³-hybridized carbons (Fsp3) is 0.174. The largest absolute Gasteiger partial charge is 0.352 e. The van der Waals surface area contributed by atoms with E-state index < -0.39 is 10.0 Å². The van der Waals surface area contributed by atoms with Crippen molar-refractivity contribution in [1.29, 1.82) is 0 Å². The fourth-order valence-electron chi connectivity index (χ4n) is 2.91. The van der Waals surface area contributed by atoms with Crippen molar-refractivity contribution in [2.24, 2.45) is 0 Å². The van der Waals surface area contributed by atoms with E-state index in [2.05, 4.69) is 10.0 Å². The molecule has 5 nitrogen and oxygen atoms in total. The predicted octanol–water partition coefficient (Wildman–Crippen LogP) is 4.81. The summed E-state index contributed by atoms with van der Waals surface area (Å²) in [6, 6.07) is 20.6. The zero-order valence-corrected chi connectivity index (χ0v) is 18.1. The minimum absolute atomic E-state index is 0.188. The number of hydrogen-bond donors (Lipinski definition) is 2. The Morgan fingerprint density at radius 3 is 2.27 bits per heavy atom. The first-order valence-electron chi connectivity index (χ1n) is 9.56. The number of aryl methyl sites for hydroxylation is 2. The summed E-state index contributed by atoms with van der Waals surface area (Å²) in [4.78, 5) is 12.5. The topological polar surface area (TPSA) is 75.3 Å². The van der Waals surface area contributed by atoms with Crippen LogP contribution in [-0.4, -0.2) is 20.9 Å². The van der Waals surface area contributed by atoms with Crippen LogP contribution in [0, 0.1) is 6.92 Å². The zero-order chi connectivity index (χ0) is 21.6. The molecule has 0 fully saturated rings. The lowest BCUT2D eigenvalue weighted by Gasteiger charge is -2.10. The standard InChI is InChI=1S/C23H23ClN2O3S/c1-17-8-14-21(15-9-17)30(28,29)26-20-12-10-19(11-13-20)23(27)25-16-4-6-18-5-2-3-7-22(18)24/h2-3,5,7-15,26H,4,6,16H2,1H3,(H,25,27). The summed E-state index contributed by atoms with van der Waals surface area (Å²) in [7, 11) is -3.67. The van der Waals surface area contributed by atoms with Crippen LogP contribution in [0.5, 0.6) is 0 Å². The van der Waals surface area contributed by atoms with E-state index in [-0.39, 0.29) is 10.8 Å². The van der Waals surface area contributed by atoms with Crippen molar-refractivity contribution >= 4 is 33.2 Å². The molecule has 0 spiro atoms. The summed E-state index contributed by atoms with van der Waals surface area (Å²) in [6.45, 7) is 2.41. The van der Waals surface area contributed by atoms with E-state index in [1.165, 1.54) is 0 Å². The zero-order valence-electron chi connectivity index (χ0n) is 16.6. The Morgan fingerprint density at radius 1 is 0.933 bits per heavy atom. The van der Waals surface area contributed by atoms with Crippen LogP contribution < -0.4 is 10.0 Å². The Hall–Kier alpha value is -2.83. The first-order valence-corrected chi connectivity index (χ1v) is 11.4. The number of nitrogens with one attached hydrogen (secondary N) is 2. The molecule has 1 amide bonds. The highest BCUT2D eigenvalue weighted by Crippen LogP contribution is 2.18. The summed E-state index contributed by atoms with van der Waals surface area (Å²) < 4.78 is 27.4. The molecule has 0 heterocycles. The Bertz CT molecular complexity index is 1110. The number of carbonyl (C=O) groups is 1. The average Bonchev–Trinajstić information content (AvgIpc) is 2.73. The molecule has 0 saturated carbocycles. The molecule has 0 aliphatic heterocycles. The summed E-state index contributed by atoms with van der Waals surface area (Å²) in [6.07, 6.45) is 1.55. The molecular formula is C23H23ClN2O3S. The van der Waals surface area contributed by atoms with Crippen LogP contribution in [0.4, 0.5) is 5.69 Å². The third-order valence-electron chi connectivity index (χ3n) is 4.60. The van der Waals surface area contributed by atoms with Crippen LogP contribution in [0.2, 0.25) is 5.02 Å². The lowest BCUT2D eigenvalue weighted by Crippen LogP contribution is -2.24. The number of amides is 1. The maximum atomic E-state index is 12.4. The van der Waals surface area contributed by atoms with E-state index in [9.17, 15) is 13.2 Å². The molecule has 0 saturated heterocycles. The van der Waals surface area contributed by atoms with Gasteiger partial charge in [-0.15, -0.1) is 0 Å². The van der Waals surface area contributed by atoms with Crippen molar-refractivity contribution in [2.45, 2.75) is 24.7 Å². The van der Waals surface area contributed by atoms with Gasteiger partial charge >= 0.3 is 0 Å². The van der Waals surface area contributed by atoms with Crippen molar-refractivity contribution < 1.29 is 13.2 Å². The number of halogens is 1. The molecule has 0 radical (unpaired) electrons. The van der Waals surface area contributed by atoms with Gasteiger partial charge in [-0.3, -0.25) is 9.52 Å². The van der Waals surface area contributed by atoms with Gasteiger partial charge < -0.3 is 5.32 Å². The van der Waals surface area contributed by atoms with Gasteiger partial charge in [0.1, 0.15) is 0 Å². The Labute approximate surface area is 182 Å². The molecular weight excluding hydrogens is 420 g/mol. The molecule has 3 aromatic rings. The first kappa shape index (κ1) is 21.9. The number of rotatable bonds is 8. The monoisotopic (exact) mass is 442 g/mol. The first-order chi connectivity index (χ1) is 14.3. The normalized spacial score (nSPS) is 11.1. The van der Waals surface area contributed by atoms with Crippen molar-refractivity contribution in [3.63, 3.8) is 0 Å². The van der Waals surface area contributed by atoms with Crippen molar-refractivity contribution in [2.75, 3.05) is 11.3 Å². The highest BCUT2D eigenvalue weighted by atomic mass is 35.5. The lowest BCUT2D eigenvalue weighted by molar-refractivity contribution is 0.0953. The molecule has 0 aliphatic rings. The third kappa shape index (κ3) is 5.84. The van der Waals surface area contributed by atoms with Crippen LogP contribution in [0.15, 0.2) is 77.7 Å². The van der Waals surface area contributed by atoms with Gasteiger partial charge in [-0.05, 0) is 67.8 Å². The number of anilines is 1. The number of carbonyl (C=O) groups excluding carboxylic acids is 1. The van der Waals surface area contributed by atoms with Gasteiger partial charge in [-0.2, -0.15) is 0 Å². The Balaban J connectivity index is 1.52.